The highest BCUT2D eigenvalue weighted by atomic mass is 16.6. The number of rotatable bonds is 10. The number of hydrogen-bond acceptors (Lipinski definition) is 13. The first-order valence-corrected chi connectivity index (χ1v) is 10.6. The topological polar surface area (TPSA) is 244 Å². The van der Waals surface area contributed by atoms with Gasteiger partial charge in [-0.15, -0.1) is 0 Å². The lowest BCUT2D eigenvalue weighted by atomic mass is 9.79. The summed E-state index contributed by atoms with van der Waals surface area (Å²) in [7, 11) is 0. The van der Waals surface area contributed by atoms with Gasteiger partial charge in [0.15, 0.2) is 0 Å². The molecule has 0 saturated carbocycles. The van der Waals surface area contributed by atoms with E-state index >= 15 is 0 Å². The quantitative estimate of drug-likeness (QED) is 0.102. The molecule has 9 N–H and O–H groups in total. The minimum atomic E-state index is -1.78. The highest BCUT2D eigenvalue weighted by Gasteiger charge is 2.53. The van der Waals surface area contributed by atoms with Gasteiger partial charge in [0.05, 0.1) is 38.4 Å². The second-order valence-corrected chi connectivity index (χ2v) is 8.35. The van der Waals surface area contributed by atoms with Crippen LogP contribution in [-0.2, 0) is 23.8 Å². The molecule has 14 heteroatoms. The molecule has 2 saturated heterocycles. The van der Waals surface area contributed by atoms with Gasteiger partial charge in [-0.3, -0.25) is 4.79 Å². The van der Waals surface area contributed by atoms with E-state index in [4.69, 9.17) is 19.3 Å². The molecule has 0 bridgehead atoms. The second-order valence-electron chi connectivity index (χ2n) is 8.35. The van der Waals surface area contributed by atoms with E-state index in [0.29, 0.717) is 0 Å². The van der Waals surface area contributed by atoms with Gasteiger partial charge >= 0.3 is 11.9 Å². The van der Waals surface area contributed by atoms with Crippen molar-refractivity contribution in [2.75, 3.05) is 19.8 Å². The maximum absolute atomic E-state index is 12.0. The van der Waals surface area contributed by atoms with E-state index in [2.05, 4.69) is 6.58 Å². The molecule has 2 fully saturated rings. The molecule has 10 atom stereocenters. The zero-order valence-electron chi connectivity index (χ0n) is 18.2. The monoisotopic (exact) mass is 496 g/mol. The van der Waals surface area contributed by atoms with Crippen molar-refractivity contribution in [1.29, 1.82) is 0 Å². The van der Waals surface area contributed by atoms with Gasteiger partial charge < -0.3 is 60.2 Å². The molecule has 0 radical (unpaired) electrons. The van der Waals surface area contributed by atoms with Gasteiger partial charge in [-0.05, 0) is 6.42 Å². The molecule has 0 aromatic heterocycles. The van der Waals surface area contributed by atoms with Gasteiger partial charge in [0.2, 0.25) is 0 Å². The van der Waals surface area contributed by atoms with Crippen LogP contribution in [0.15, 0.2) is 12.2 Å². The van der Waals surface area contributed by atoms with Crippen molar-refractivity contribution >= 4 is 11.9 Å². The number of carbonyl (C=O) groups is 2. The number of aliphatic hydroxyl groups excluding tert-OH is 8. The van der Waals surface area contributed by atoms with Gasteiger partial charge in [-0.1, -0.05) is 6.58 Å². The molecule has 196 valence electrons. The number of carboxylic acids is 1. The van der Waals surface area contributed by atoms with Gasteiger partial charge in [0.25, 0.3) is 0 Å². The maximum Gasteiger partial charge on any atom is 0.333 e. The molecule has 2 unspecified atom stereocenters. The van der Waals surface area contributed by atoms with Crippen molar-refractivity contribution in [3.05, 3.63) is 12.2 Å². The van der Waals surface area contributed by atoms with Crippen LogP contribution in [0.4, 0.5) is 0 Å². The maximum atomic E-state index is 12.0. The number of ether oxygens (including phenoxy) is 3. The molecular weight excluding hydrogens is 464 g/mol. The molecule has 14 nitrogen and oxygen atoms in total. The number of hydrogen-bond donors (Lipinski definition) is 9. The second kappa shape index (κ2) is 12.3. The molecule has 0 spiro atoms. The van der Waals surface area contributed by atoms with Crippen LogP contribution in [0.1, 0.15) is 12.8 Å². The summed E-state index contributed by atoms with van der Waals surface area (Å²) >= 11 is 0. The summed E-state index contributed by atoms with van der Waals surface area (Å²) in [5.41, 5.74) is -0.343. The Balaban J connectivity index is 2.27. The Morgan fingerprint density at radius 2 is 1.24 bits per heavy atom. The highest BCUT2D eigenvalue weighted by Crippen LogP contribution is 2.35. The molecule has 0 aromatic rings. The SMILES string of the molecule is C=C(CC(=O)O)C(=O)OCCC(C1O[C@H](CO)[C@@H](O)[C@H](O)[C@H]1O)C1O[C@H](CO)[C@@H](O)[C@H](O)[C@H]1O. The molecule has 0 amide bonds. The minimum absolute atomic E-state index is 0.253. The Bertz CT molecular complexity index is 675. The first-order chi connectivity index (χ1) is 15.9. The van der Waals surface area contributed by atoms with Gasteiger partial charge in [0.1, 0.15) is 48.8 Å². The summed E-state index contributed by atoms with van der Waals surface area (Å²) in [6.45, 7) is 1.39. The normalized spacial score (nSPS) is 39.3. The lowest BCUT2D eigenvalue weighted by molar-refractivity contribution is -0.282. The van der Waals surface area contributed by atoms with E-state index in [1.54, 1.807) is 0 Å². The summed E-state index contributed by atoms with van der Waals surface area (Å²) in [6.07, 6.45) is -16.9. The Labute approximate surface area is 194 Å². The van der Waals surface area contributed by atoms with Crippen molar-refractivity contribution in [1.82, 2.24) is 0 Å². The largest absolute Gasteiger partial charge is 0.481 e. The molecule has 2 rings (SSSR count). The van der Waals surface area contributed by atoms with Crippen molar-refractivity contribution < 1.29 is 69.8 Å². The molecule has 0 aromatic carbocycles. The molecule has 2 aliphatic rings. The number of esters is 1. The Morgan fingerprint density at radius 3 is 1.62 bits per heavy atom. The summed E-state index contributed by atoms with van der Waals surface area (Å²) in [4.78, 5) is 22.7. The van der Waals surface area contributed by atoms with Crippen LogP contribution < -0.4 is 0 Å². The van der Waals surface area contributed by atoms with Crippen molar-refractivity contribution in [3.63, 3.8) is 0 Å². The Morgan fingerprint density at radius 1 is 0.794 bits per heavy atom. The van der Waals surface area contributed by atoms with E-state index in [-0.39, 0.29) is 12.0 Å². The molecule has 2 heterocycles. The van der Waals surface area contributed by atoms with Crippen molar-refractivity contribution in [3.8, 4) is 0 Å². The van der Waals surface area contributed by atoms with Gasteiger partial charge in [0, 0.05) is 11.5 Å². The summed E-state index contributed by atoms with van der Waals surface area (Å²) in [5.74, 6) is -3.51. The van der Waals surface area contributed by atoms with E-state index < -0.39 is 105 Å². The number of aliphatic carboxylic acids is 1. The van der Waals surface area contributed by atoms with Crippen LogP contribution in [0, 0.1) is 5.92 Å². The van der Waals surface area contributed by atoms with E-state index in [1.807, 2.05) is 0 Å². The van der Waals surface area contributed by atoms with Gasteiger partial charge in [-0.2, -0.15) is 0 Å². The van der Waals surface area contributed by atoms with Crippen LogP contribution in [0.3, 0.4) is 0 Å². The van der Waals surface area contributed by atoms with Crippen LogP contribution in [0.2, 0.25) is 0 Å². The van der Waals surface area contributed by atoms with E-state index in [0.717, 1.165) is 0 Å². The van der Waals surface area contributed by atoms with Gasteiger partial charge in [-0.25, -0.2) is 4.79 Å². The third-order valence-corrected chi connectivity index (χ3v) is 6.04. The Hall–Kier alpha value is -1.72. The molecule has 2 aliphatic heterocycles. The predicted octanol–water partition coefficient (Wildman–Crippen LogP) is -4.75. The van der Waals surface area contributed by atoms with E-state index in [1.165, 1.54) is 0 Å². The number of carbonyl (C=O) groups excluding carboxylic acids is 1. The number of aliphatic hydroxyl groups is 8. The standard InChI is InChI=1S/C20H32O14/c1-7(4-11(23)24)20(31)32-3-2-8(18-16(29)14(27)12(25)9(5-21)33-18)19-17(30)15(28)13(26)10(6-22)34-19/h8-10,12-19,21-22,25-30H,1-6H2,(H,23,24)/t8?,9-,10-,12-,13-,14+,15+,16-,17-,18?,19?/m1/s1. The summed E-state index contributed by atoms with van der Waals surface area (Å²) in [5, 5.41) is 89.2. The first kappa shape index (κ1) is 28.5. The van der Waals surface area contributed by atoms with Crippen LogP contribution in [0.25, 0.3) is 0 Å². The summed E-state index contributed by atoms with van der Waals surface area (Å²) < 4.78 is 16.1. The average molecular weight is 496 g/mol. The van der Waals surface area contributed by atoms with Crippen LogP contribution in [-0.4, -0.2) is 139 Å². The van der Waals surface area contributed by atoms with Crippen LogP contribution in [0.5, 0.6) is 0 Å². The van der Waals surface area contributed by atoms with Crippen molar-refractivity contribution in [2.45, 2.75) is 73.9 Å². The lowest BCUT2D eigenvalue weighted by Gasteiger charge is -2.49. The lowest BCUT2D eigenvalue weighted by Crippen LogP contribution is -2.66. The predicted molar refractivity (Wildman–Crippen MR) is 108 cm³/mol. The fourth-order valence-corrected chi connectivity index (χ4v) is 4.13. The third kappa shape index (κ3) is 6.28. The molecule has 34 heavy (non-hydrogen) atoms. The fourth-order valence-electron chi connectivity index (χ4n) is 4.13. The average Bonchev–Trinajstić information content (AvgIpc) is 2.79. The molecular formula is C20H32O14. The van der Waals surface area contributed by atoms with Crippen molar-refractivity contribution in [2.24, 2.45) is 5.92 Å². The summed E-state index contributed by atoms with van der Waals surface area (Å²) in [6, 6.07) is 0. The zero-order valence-corrected chi connectivity index (χ0v) is 18.2. The van der Waals surface area contributed by atoms with Crippen LogP contribution >= 0.6 is 0 Å². The zero-order chi connectivity index (χ0) is 25.7. The minimum Gasteiger partial charge on any atom is -0.481 e. The fraction of sp³-hybridized carbons (Fsp3) is 0.800. The molecule has 0 aliphatic carbocycles. The Kier molecular flexibility index (Phi) is 10.3. The highest BCUT2D eigenvalue weighted by molar-refractivity contribution is 5.92. The number of carboxylic acid groups (broad SMARTS) is 1. The third-order valence-electron chi connectivity index (χ3n) is 6.04. The van der Waals surface area contributed by atoms with E-state index in [9.17, 15) is 50.4 Å². The first-order valence-electron chi connectivity index (χ1n) is 10.6. The smallest absolute Gasteiger partial charge is 0.333 e.